The molecule has 1 aromatic heterocycles. The molecule has 0 spiro atoms. The van der Waals surface area contributed by atoms with Crippen LogP contribution in [0.1, 0.15) is 19.3 Å². The van der Waals surface area contributed by atoms with Gasteiger partial charge in [0, 0.05) is 11.3 Å². The van der Waals surface area contributed by atoms with Gasteiger partial charge in [0.25, 0.3) is 0 Å². The van der Waals surface area contributed by atoms with Gasteiger partial charge in [-0.05, 0) is 37.7 Å². The highest BCUT2D eigenvalue weighted by Crippen LogP contribution is 2.34. The molecular formula is C13H17N3S2. The second-order valence-electron chi connectivity index (χ2n) is 4.74. The molecule has 0 aliphatic heterocycles. The molecule has 2 atom stereocenters. The maximum Gasteiger partial charge on any atom is 0.106 e. The summed E-state index contributed by atoms with van der Waals surface area (Å²) in [5, 5.41) is 4.38. The number of anilines is 2. The van der Waals surface area contributed by atoms with Crippen molar-refractivity contribution >= 4 is 44.7 Å². The topological polar surface area (TPSA) is 50.9 Å². The van der Waals surface area contributed by atoms with E-state index in [0.29, 0.717) is 6.04 Å². The van der Waals surface area contributed by atoms with Crippen molar-refractivity contribution in [3.8, 4) is 0 Å². The van der Waals surface area contributed by atoms with Crippen molar-refractivity contribution in [1.82, 2.24) is 4.98 Å². The normalized spacial score (nSPS) is 23.6. The molecule has 3 nitrogen and oxygen atoms in total. The zero-order valence-electron chi connectivity index (χ0n) is 10.3. The van der Waals surface area contributed by atoms with E-state index in [9.17, 15) is 0 Å². The molecule has 1 heterocycles. The molecule has 1 fully saturated rings. The fourth-order valence-corrected chi connectivity index (χ4v) is 4.07. The quantitative estimate of drug-likeness (QED) is 0.843. The lowest BCUT2D eigenvalue weighted by Crippen LogP contribution is -2.17. The van der Waals surface area contributed by atoms with E-state index in [0.717, 1.165) is 26.8 Å². The molecule has 0 saturated heterocycles. The largest absolute Gasteiger partial charge is 0.395 e. The molecule has 1 saturated carbocycles. The summed E-state index contributed by atoms with van der Waals surface area (Å²) in [5.74, 6) is 0. The van der Waals surface area contributed by atoms with Gasteiger partial charge in [0.2, 0.25) is 0 Å². The number of nitrogens with zero attached hydrogens (tertiary/aromatic N) is 1. The van der Waals surface area contributed by atoms with Crippen LogP contribution in [0.15, 0.2) is 17.6 Å². The first-order chi connectivity index (χ1) is 8.78. The van der Waals surface area contributed by atoms with Gasteiger partial charge in [0.1, 0.15) is 5.52 Å². The number of hydrogen-bond donors (Lipinski definition) is 2. The average molecular weight is 279 g/mol. The highest BCUT2D eigenvalue weighted by atomic mass is 32.2. The van der Waals surface area contributed by atoms with E-state index in [1.807, 2.05) is 17.3 Å². The number of benzene rings is 1. The maximum atomic E-state index is 6.19. The number of rotatable bonds is 3. The van der Waals surface area contributed by atoms with Crippen LogP contribution in [0.2, 0.25) is 0 Å². The number of hydrogen-bond acceptors (Lipinski definition) is 5. The lowest BCUT2D eigenvalue weighted by atomic mass is 10.2. The van der Waals surface area contributed by atoms with Crippen molar-refractivity contribution in [3.63, 3.8) is 0 Å². The van der Waals surface area contributed by atoms with Crippen LogP contribution < -0.4 is 11.1 Å². The first kappa shape index (κ1) is 12.1. The van der Waals surface area contributed by atoms with E-state index in [2.05, 4.69) is 28.7 Å². The molecule has 3 N–H and O–H groups in total. The summed E-state index contributed by atoms with van der Waals surface area (Å²) in [7, 11) is 0. The molecule has 3 rings (SSSR count). The first-order valence-electron chi connectivity index (χ1n) is 6.19. The van der Waals surface area contributed by atoms with Gasteiger partial charge in [-0.2, -0.15) is 11.8 Å². The van der Waals surface area contributed by atoms with Crippen molar-refractivity contribution in [2.24, 2.45) is 0 Å². The molecule has 2 aromatic rings. The van der Waals surface area contributed by atoms with Crippen LogP contribution in [0.3, 0.4) is 0 Å². The van der Waals surface area contributed by atoms with E-state index in [-0.39, 0.29) is 0 Å². The van der Waals surface area contributed by atoms with Gasteiger partial charge >= 0.3 is 0 Å². The minimum atomic E-state index is 0.556. The van der Waals surface area contributed by atoms with E-state index in [1.54, 1.807) is 11.3 Å². The van der Waals surface area contributed by atoms with Crippen molar-refractivity contribution in [3.05, 3.63) is 17.6 Å². The predicted molar refractivity (Wildman–Crippen MR) is 82.6 cm³/mol. The molecule has 1 aliphatic rings. The summed E-state index contributed by atoms with van der Waals surface area (Å²) in [4.78, 5) is 4.33. The van der Waals surface area contributed by atoms with Gasteiger partial charge in [0.15, 0.2) is 0 Å². The van der Waals surface area contributed by atoms with Crippen LogP contribution in [0.5, 0.6) is 0 Å². The van der Waals surface area contributed by atoms with Gasteiger partial charge in [-0.15, -0.1) is 11.3 Å². The van der Waals surface area contributed by atoms with Crippen molar-refractivity contribution in [2.45, 2.75) is 30.6 Å². The second-order valence-corrected chi connectivity index (χ2v) is 6.76. The minimum absolute atomic E-state index is 0.556. The first-order valence-corrected chi connectivity index (χ1v) is 8.35. The molecule has 1 aromatic carbocycles. The van der Waals surface area contributed by atoms with Crippen molar-refractivity contribution in [2.75, 3.05) is 17.3 Å². The predicted octanol–water partition coefficient (Wildman–Crippen LogP) is 3.57. The Balaban J connectivity index is 1.80. The number of thioether (sulfide) groups is 1. The average Bonchev–Trinajstić information content (AvgIpc) is 3.01. The number of nitrogens with one attached hydrogen (secondary N) is 1. The van der Waals surface area contributed by atoms with Crippen LogP contribution in [-0.4, -0.2) is 22.5 Å². The van der Waals surface area contributed by atoms with E-state index < -0.39 is 0 Å². The molecule has 1 aliphatic carbocycles. The molecule has 5 heteroatoms. The second kappa shape index (κ2) is 4.97. The lowest BCUT2D eigenvalue weighted by molar-refractivity contribution is 0.758. The standard InChI is InChI=1S/C13H17N3S2/c1-17-9-3-2-8(6-9)16-10-4-5-11-13(12(10)14)15-7-18-11/h4-5,7-9,16H,2-3,6,14H2,1H3. The molecular weight excluding hydrogens is 262 g/mol. The Bertz CT molecular complexity index is 552. The molecule has 96 valence electrons. The molecule has 0 bridgehead atoms. The van der Waals surface area contributed by atoms with Gasteiger partial charge in [0.05, 0.1) is 21.6 Å². The van der Waals surface area contributed by atoms with Crippen LogP contribution in [0.4, 0.5) is 11.4 Å². The number of nitrogens with two attached hydrogens (primary N) is 1. The number of fused-ring (bicyclic) bond motifs is 1. The summed E-state index contributed by atoms with van der Waals surface area (Å²) in [6, 6.07) is 4.75. The Morgan fingerprint density at radius 3 is 3.11 bits per heavy atom. The van der Waals surface area contributed by atoms with E-state index >= 15 is 0 Å². The van der Waals surface area contributed by atoms with Crippen molar-refractivity contribution < 1.29 is 0 Å². The number of thiazole rings is 1. The summed E-state index contributed by atoms with van der Waals surface area (Å²) in [6.45, 7) is 0. The van der Waals surface area contributed by atoms with Gasteiger partial charge in [-0.1, -0.05) is 0 Å². The lowest BCUT2D eigenvalue weighted by Gasteiger charge is -2.16. The van der Waals surface area contributed by atoms with Crippen LogP contribution >= 0.6 is 23.1 Å². The Labute approximate surface area is 115 Å². The van der Waals surface area contributed by atoms with Crippen molar-refractivity contribution in [1.29, 1.82) is 0 Å². The number of aromatic nitrogens is 1. The fraction of sp³-hybridized carbons (Fsp3) is 0.462. The van der Waals surface area contributed by atoms with Gasteiger partial charge < -0.3 is 11.1 Å². The molecule has 18 heavy (non-hydrogen) atoms. The number of nitrogen functional groups attached to an aromatic ring is 1. The Morgan fingerprint density at radius 2 is 2.33 bits per heavy atom. The van der Waals surface area contributed by atoms with Crippen LogP contribution in [-0.2, 0) is 0 Å². The van der Waals surface area contributed by atoms with Gasteiger partial charge in [-0.25, -0.2) is 4.98 Å². The monoisotopic (exact) mass is 279 g/mol. The Hall–Kier alpha value is -0.940. The summed E-state index contributed by atoms with van der Waals surface area (Å²) < 4.78 is 1.16. The fourth-order valence-electron chi connectivity index (χ4n) is 2.58. The third-order valence-electron chi connectivity index (χ3n) is 3.62. The van der Waals surface area contributed by atoms with Crippen LogP contribution in [0.25, 0.3) is 10.2 Å². The third-order valence-corrected chi connectivity index (χ3v) is 5.51. The SMILES string of the molecule is CSC1CCC(Nc2ccc3scnc3c2N)C1. The minimum Gasteiger partial charge on any atom is -0.395 e. The maximum absolute atomic E-state index is 6.19. The highest BCUT2D eigenvalue weighted by molar-refractivity contribution is 7.99. The molecule has 2 unspecified atom stereocenters. The third kappa shape index (κ3) is 2.17. The smallest absolute Gasteiger partial charge is 0.106 e. The zero-order valence-corrected chi connectivity index (χ0v) is 12.0. The molecule has 0 amide bonds. The summed E-state index contributed by atoms with van der Waals surface area (Å²) >= 11 is 3.61. The summed E-state index contributed by atoms with van der Waals surface area (Å²) in [6.07, 6.45) is 5.97. The molecule has 0 radical (unpaired) electrons. The van der Waals surface area contributed by atoms with E-state index in [1.165, 1.54) is 19.3 Å². The highest BCUT2D eigenvalue weighted by Gasteiger charge is 2.24. The zero-order chi connectivity index (χ0) is 12.5. The van der Waals surface area contributed by atoms with E-state index in [4.69, 9.17) is 5.73 Å². The Kier molecular flexibility index (Phi) is 3.35. The Morgan fingerprint density at radius 1 is 1.44 bits per heavy atom. The van der Waals surface area contributed by atoms with Crippen LogP contribution in [0, 0.1) is 0 Å². The summed E-state index contributed by atoms with van der Waals surface area (Å²) in [5.41, 5.74) is 10.8. The van der Waals surface area contributed by atoms with Gasteiger partial charge in [-0.3, -0.25) is 0 Å².